The van der Waals surface area contributed by atoms with Crippen molar-refractivity contribution in [1.82, 2.24) is 4.98 Å². The molecule has 0 bridgehead atoms. The van der Waals surface area contributed by atoms with E-state index in [1.807, 2.05) is 17.0 Å². The first kappa shape index (κ1) is 16.9. The van der Waals surface area contributed by atoms with E-state index in [9.17, 15) is 18.9 Å². The number of anilines is 2. The van der Waals surface area contributed by atoms with Crippen LogP contribution in [0.5, 0.6) is 5.75 Å². The van der Waals surface area contributed by atoms with E-state index in [4.69, 9.17) is 0 Å². The molecular formula is C16H16F2N4O3. The third-order valence-electron chi connectivity index (χ3n) is 4.02. The normalized spacial score (nSPS) is 14.7. The quantitative estimate of drug-likeness (QED) is 0.610. The van der Waals surface area contributed by atoms with Gasteiger partial charge in [0.2, 0.25) is 0 Å². The molecule has 3 rings (SSSR count). The molecule has 7 nitrogen and oxygen atoms in total. The molecule has 2 heterocycles. The highest BCUT2D eigenvalue weighted by atomic mass is 19.3. The topological polar surface area (TPSA) is 71.7 Å². The number of non-ortho nitro benzene ring substituents is 1. The summed E-state index contributed by atoms with van der Waals surface area (Å²) in [5.41, 5.74) is 1.19. The third kappa shape index (κ3) is 3.93. The lowest BCUT2D eigenvalue weighted by Crippen LogP contribution is -2.46. The Labute approximate surface area is 142 Å². The van der Waals surface area contributed by atoms with Gasteiger partial charge in [-0.15, -0.1) is 0 Å². The molecule has 0 N–H and O–H groups in total. The number of nitrogens with zero attached hydrogens (tertiary/aromatic N) is 4. The number of piperazine rings is 1. The first-order valence-electron chi connectivity index (χ1n) is 7.68. The van der Waals surface area contributed by atoms with Gasteiger partial charge in [0.15, 0.2) is 5.75 Å². The minimum atomic E-state index is -3.04. The van der Waals surface area contributed by atoms with E-state index >= 15 is 0 Å². The molecule has 1 saturated heterocycles. The van der Waals surface area contributed by atoms with Gasteiger partial charge in [0.25, 0.3) is 5.69 Å². The number of hydrogen-bond donors (Lipinski definition) is 0. The van der Waals surface area contributed by atoms with Crippen LogP contribution in [0.25, 0.3) is 0 Å². The van der Waals surface area contributed by atoms with Crippen molar-refractivity contribution in [3.63, 3.8) is 0 Å². The van der Waals surface area contributed by atoms with Gasteiger partial charge in [0, 0.05) is 50.3 Å². The number of aromatic nitrogens is 1. The molecule has 1 aliphatic rings. The number of pyridine rings is 1. The maximum absolute atomic E-state index is 12.7. The zero-order valence-electron chi connectivity index (χ0n) is 13.2. The van der Waals surface area contributed by atoms with Crippen molar-refractivity contribution >= 4 is 17.1 Å². The Bertz CT molecular complexity index is 737. The molecule has 9 heteroatoms. The highest BCUT2D eigenvalue weighted by molar-refractivity contribution is 5.63. The molecule has 132 valence electrons. The second kappa shape index (κ2) is 7.29. The maximum atomic E-state index is 12.7. The Hall–Kier alpha value is -2.97. The van der Waals surface area contributed by atoms with Crippen LogP contribution in [0.1, 0.15) is 0 Å². The number of alkyl halides is 2. The van der Waals surface area contributed by atoms with Crippen LogP contribution in [-0.2, 0) is 0 Å². The first-order chi connectivity index (χ1) is 12.0. The lowest BCUT2D eigenvalue weighted by Gasteiger charge is -2.37. The second-order valence-electron chi connectivity index (χ2n) is 5.47. The third-order valence-corrected chi connectivity index (χ3v) is 4.02. The molecular weight excluding hydrogens is 334 g/mol. The van der Waals surface area contributed by atoms with E-state index in [0.717, 1.165) is 11.8 Å². The van der Waals surface area contributed by atoms with Crippen molar-refractivity contribution in [1.29, 1.82) is 0 Å². The number of nitro groups is 1. The summed E-state index contributed by atoms with van der Waals surface area (Å²) in [6.07, 6.45) is 3.43. The van der Waals surface area contributed by atoms with E-state index in [1.165, 1.54) is 12.1 Å². The standard InChI is InChI=1S/C16H16F2N4O3/c17-16(18)25-15-11-13(22(23)24)1-2-14(15)21-9-7-20(8-10-21)12-3-5-19-6-4-12/h1-6,11,16H,7-10H2. The van der Waals surface area contributed by atoms with Gasteiger partial charge in [-0.05, 0) is 18.2 Å². The Morgan fingerprint density at radius 3 is 2.32 bits per heavy atom. The largest absolute Gasteiger partial charge is 0.432 e. The molecule has 0 aliphatic carbocycles. The van der Waals surface area contributed by atoms with Crippen molar-refractivity contribution in [2.75, 3.05) is 36.0 Å². The van der Waals surface area contributed by atoms with Crippen LogP contribution >= 0.6 is 0 Å². The molecule has 1 aromatic heterocycles. The van der Waals surface area contributed by atoms with Crippen molar-refractivity contribution in [3.8, 4) is 5.75 Å². The van der Waals surface area contributed by atoms with Gasteiger partial charge in [-0.1, -0.05) is 0 Å². The summed E-state index contributed by atoms with van der Waals surface area (Å²) in [6, 6.07) is 7.61. The van der Waals surface area contributed by atoms with Gasteiger partial charge in [-0.2, -0.15) is 8.78 Å². The number of benzene rings is 1. The molecule has 0 amide bonds. The highest BCUT2D eigenvalue weighted by Crippen LogP contribution is 2.34. The van der Waals surface area contributed by atoms with Crippen LogP contribution in [0, 0.1) is 10.1 Å². The summed E-state index contributed by atoms with van der Waals surface area (Å²) in [4.78, 5) is 18.3. The zero-order valence-corrected chi connectivity index (χ0v) is 13.2. The Balaban J connectivity index is 1.77. The fourth-order valence-corrected chi connectivity index (χ4v) is 2.83. The predicted molar refractivity (Wildman–Crippen MR) is 88.4 cm³/mol. The van der Waals surface area contributed by atoms with Gasteiger partial charge < -0.3 is 14.5 Å². The Morgan fingerprint density at radius 2 is 1.72 bits per heavy atom. The van der Waals surface area contributed by atoms with Gasteiger partial charge >= 0.3 is 6.61 Å². The predicted octanol–water partition coefficient (Wildman–Crippen LogP) is 2.92. The minimum Gasteiger partial charge on any atom is -0.432 e. The van der Waals surface area contributed by atoms with Crippen LogP contribution < -0.4 is 14.5 Å². The van der Waals surface area contributed by atoms with Gasteiger partial charge in [-0.3, -0.25) is 15.1 Å². The summed E-state index contributed by atoms with van der Waals surface area (Å²) < 4.78 is 29.8. The molecule has 0 spiro atoms. The van der Waals surface area contributed by atoms with Crippen molar-refractivity contribution in [2.24, 2.45) is 0 Å². The van der Waals surface area contributed by atoms with E-state index in [-0.39, 0.29) is 11.4 Å². The van der Waals surface area contributed by atoms with Crippen LogP contribution in [0.4, 0.5) is 25.8 Å². The smallest absolute Gasteiger partial charge is 0.387 e. The summed E-state index contributed by atoms with van der Waals surface area (Å²) in [7, 11) is 0. The SMILES string of the molecule is O=[N+]([O-])c1ccc(N2CCN(c3ccncc3)CC2)c(OC(F)F)c1. The molecule has 2 aromatic rings. The molecule has 0 atom stereocenters. The maximum Gasteiger partial charge on any atom is 0.387 e. The molecule has 0 radical (unpaired) electrons. The fraction of sp³-hybridized carbons (Fsp3) is 0.312. The van der Waals surface area contributed by atoms with Crippen molar-refractivity contribution in [2.45, 2.75) is 6.61 Å². The molecule has 1 fully saturated rings. The Morgan fingerprint density at radius 1 is 1.08 bits per heavy atom. The van der Waals surface area contributed by atoms with Crippen molar-refractivity contribution in [3.05, 3.63) is 52.8 Å². The average Bonchev–Trinajstić information content (AvgIpc) is 2.62. The number of rotatable bonds is 5. The molecule has 0 saturated carbocycles. The van der Waals surface area contributed by atoms with E-state index in [1.54, 1.807) is 12.4 Å². The fourth-order valence-electron chi connectivity index (χ4n) is 2.83. The van der Waals surface area contributed by atoms with Crippen LogP contribution in [0.15, 0.2) is 42.7 Å². The van der Waals surface area contributed by atoms with Gasteiger partial charge in [0.05, 0.1) is 16.7 Å². The molecule has 25 heavy (non-hydrogen) atoms. The monoisotopic (exact) mass is 350 g/mol. The Kier molecular flexibility index (Phi) is 4.92. The van der Waals surface area contributed by atoms with Crippen LogP contribution in [-0.4, -0.2) is 42.7 Å². The van der Waals surface area contributed by atoms with Gasteiger partial charge in [-0.25, -0.2) is 0 Å². The summed E-state index contributed by atoms with van der Waals surface area (Å²) >= 11 is 0. The van der Waals surface area contributed by atoms with E-state index in [2.05, 4.69) is 14.6 Å². The summed E-state index contributed by atoms with van der Waals surface area (Å²) in [5, 5.41) is 10.9. The van der Waals surface area contributed by atoms with Crippen LogP contribution in [0.3, 0.4) is 0 Å². The first-order valence-corrected chi connectivity index (χ1v) is 7.68. The molecule has 0 unspecified atom stereocenters. The lowest BCUT2D eigenvalue weighted by molar-refractivity contribution is -0.385. The second-order valence-corrected chi connectivity index (χ2v) is 5.47. The number of hydrogen-bond acceptors (Lipinski definition) is 6. The van der Waals surface area contributed by atoms with Crippen LogP contribution in [0.2, 0.25) is 0 Å². The van der Waals surface area contributed by atoms with Crippen molar-refractivity contribution < 1.29 is 18.4 Å². The number of ether oxygens (including phenoxy) is 1. The zero-order chi connectivity index (χ0) is 17.8. The van der Waals surface area contributed by atoms with Gasteiger partial charge in [0.1, 0.15) is 0 Å². The van der Waals surface area contributed by atoms with E-state index < -0.39 is 11.5 Å². The minimum absolute atomic E-state index is 0.179. The highest BCUT2D eigenvalue weighted by Gasteiger charge is 2.23. The lowest BCUT2D eigenvalue weighted by atomic mass is 10.2. The average molecular weight is 350 g/mol. The summed E-state index contributed by atoms with van der Waals surface area (Å²) in [5.74, 6) is -0.179. The summed E-state index contributed by atoms with van der Waals surface area (Å²) in [6.45, 7) is -0.497. The number of nitro benzene ring substituents is 1. The molecule has 1 aromatic carbocycles. The number of halogens is 2. The molecule has 1 aliphatic heterocycles. The van der Waals surface area contributed by atoms with E-state index in [0.29, 0.717) is 31.9 Å².